The van der Waals surface area contributed by atoms with Gasteiger partial charge in [-0.15, -0.1) is 0 Å². The van der Waals surface area contributed by atoms with Gasteiger partial charge in [0, 0.05) is 44.2 Å². The maximum Gasteiger partial charge on any atom is 0.291 e. The molecule has 0 spiro atoms. The lowest BCUT2D eigenvalue weighted by atomic mass is 9.90. The Balaban J connectivity index is 1.37. The molecule has 1 aliphatic heterocycles. The lowest BCUT2D eigenvalue weighted by Gasteiger charge is -2.32. The maximum atomic E-state index is 12.9. The van der Waals surface area contributed by atoms with Gasteiger partial charge in [-0.3, -0.25) is 4.79 Å². The number of oxazole rings is 1. The van der Waals surface area contributed by atoms with Crippen LogP contribution in [0.2, 0.25) is 0 Å². The summed E-state index contributed by atoms with van der Waals surface area (Å²) in [6.07, 6.45) is 5.74. The zero-order valence-corrected chi connectivity index (χ0v) is 18.0. The Morgan fingerprint density at radius 1 is 1.13 bits per heavy atom. The van der Waals surface area contributed by atoms with Crippen LogP contribution in [0.1, 0.15) is 65.1 Å². The van der Waals surface area contributed by atoms with Crippen LogP contribution in [0.3, 0.4) is 0 Å². The van der Waals surface area contributed by atoms with Crippen LogP contribution in [0.4, 0.5) is 5.95 Å². The predicted octanol–water partition coefficient (Wildman–Crippen LogP) is 3.64. The summed E-state index contributed by atoms with van der Waals surface area (Å²) in [5, 5.41) is 7.41. The van der Waals surface area contributed by atoms with Gasteiger partial charge in [0.15, 0.2) is 11.7 Å². The molecule has 9 nitrogen and oxygen atoms in total. The molecule has 5 rings (SSSR count). The number of anilines is 1. The Morgan fingerprint density at radius 3 is 2.52 bits per heavy atom. The number of carbonyl (C=O) groups is 1. The van der Waals surface area contributed by atoms with Crippen molar-refractivity contribution in [2.45, 2.75) is 58.4 Å². The lowest BCUT2D eigenvalue weighted by Crippen LogP contribution is -2.38. The highest BCUT2D eigenvalue weighted by atomic mass is 16.5. The zero-order valence-electron chi connectivity index (χ0n) is 18.0. The van der Waals surface area contributed by atoms with Crippen LogP contribution in [0.25, 0.3) is 11.3 Å². The Labute approximate surface area is 180 Å². The predicted molar refractivity (Wildman–Crippen MR) is 113 cm³/mol. The molecule has 0 bridgehead atoms. The van der Waals surface area contributed by atoms with Gasteiger partial charge in [-0.1, -0.05) is 5.16 Å². The van der Waals surface area contributed by atoms with E-state index in [1.165, 1.54) is 0 Å². The van der Waals surface area contributed by atoms with Crippen molar-refractivity contribution >= 4 is 11.9 Å². The monoisotopic (exact) mass is 422 g/mol. The molecule has 9 heteroatoms. The highest BCUT2D eigenvalue weighted by Crippen LogP contribution is 2.35. The third-order valence-corrected chi connectivity index (χ3v) is 5.89. The van der Waals surface area contributed by atoms with Crippen molar-refractivity contribution in [1.29, 1.82) is 0 Å². The van der Waals surface area contributed by atoms with E-state index in [-0.39, 0.29) is 11.8 Å². The Hall–Kier alpha value is -3.23. The Morgan fingerprint density at radius 2 is 1.90 bits per heavy atom. The molecule has 1 aliphatic carbocycles. The van der Waals surface area contributed by atoms with E-state index < -0.39 is 0 Å². The van der Waals surface area contributed by atoms with E-state index in [1.54, 1.807) is 13.8 Å². The summed E-state index contributed by atoms with van der Waals surface area (Å²) in [5.41, 5.74) is 3.28. The smallest absolute Gasteiger partial charge is 0.291 e. The molecule has 0 unspecified atom stereocenters. The molecule has 0 radical (unpaired) electrons. The SMILES string of the molecule is Cc1cc(-c2cnc(NC3CC3)nc2C2CCN(C(=O)c3oc(C)nc3C)CC2)on1. The van der Waals surface area contributed by atoms with Crippen molar-refractivity contribution in [3.05, 3.63) is 41.0 Å². The van der Waals surface area contributed by atoms with Gasteiger partial charge in [0.05, 0.1) is 22.6 Å². The summed E-state index contributed by atoms with van der Waals surface area (Å²) in [7, 11) is 0. The highest BCUT2D eigenvalue weighted by Gasteiger charge is 2.31. The number of hydrogen-bond acceptors (Lipinski definition) is 8. The number of nitrogens with zero attached hydrogens (tertiary/aromatic N) is 5. The number of rotatable bonds is 5. The van der Waals surface area contributed by atoms with Crippen molar-refractivity contribution in [3.8, 4) is 11.3 Å². The van der Waals surface area contributed by atoms with E-state index in [0.29, 0.717) is 48.2 Å². The first-order valence-corrected chi connectivity index (χ1v) is 10.8. The average molecular weight is 422 g/mol. The number of aromatic nitrogens is 4. The summed E-state index contributed by atoms with van der Waals surface area (Å²) in [6.45, 7) is 6.72. The largest absolute Gasteiger partial charge is 0.436 e. The van der Waals surface area contributed by atoms with Gasteiger partial charge >= 0.3 is 0 Å². The van der Waals surface area contributed by atoms with Gasteiger partial charge < -0.3 is 19.2 Å². The number of nitrogens with one attached hydrogen (secondary N) is 1. The molecule has 1 saturated carbocycles. The van der Waals surface area contributed by atoms with Gasteiger partial charge in [0.1, 0.15) is 0 Å². The van der Waals surface area contributed by atoms with Crippen LogP contribution in [0.5, 0.6) is 0 Å². The summed E-state index contributed by atoms with van der Waals surface area (Å²) in [6, 6.07) is 2.38. The molecule has 3 aromatic rings. The first-order chi connectivity index (χ1) is 15.0. The van der Waals surface area contributed by atoms with Crippen molar-refractivity contribution in [2.24, 2.45) is 0 Å². The number of piperidine rings is 1. The highest BCUT2D eigenvalue weighted by molar-refractivity contribution is 5.92. The number of aryl methyl sites for hydroxylation is 3. The van der Waals surface area contributed by atoms with E-state index in [4.69, 9.17) is 13.9 Å². The number of amides is 1. The molecule has 3 aromatic heterocycles. The van der Waals surface area contributed by atoms with Gasteiger partial charge in [0.2, 0.25) is 11.7 Å². The van der Waals surface area contributed by atoms with Crippen molar-refractivity contribution in [1.82, 2.24) is 25.0 Å². The molecule has 0 atom stereocenters. The van der Waals surface area contributed by atoms with Crippen LogP contribution in [-0.4, -0.2) is 50.0 Å². The quantitative estimate of drug-likeness (QED) is 0.664. The van der Waals surface area contributed by atoms with Crippen LogP contribution < -0.4 is 5.32 Å². The van der Waals surface area contributed by atoms with Crippen LogP contribution in [0, 0.1) is 20.8 Å². The first-order valence-electron chi connectivity index (χ1n) is 10.8. The van der Waals surface area contributed by atoms with Crippen LogP contribution >= 0.6 is 0 Å². The molecular formula is C22H26N6O3. The average Bonchev–Trinajstić information content (AvgIpc) is 3.37. The van der Waals surface area contributed by atoms with Crippen molar-refractivity contribution < 1.29 is 13.7 Å². The van der Waals surface area contributed by atoms with Crippen molar-refractivity contribution in [3.63, 3.8) is 0 Å². The third-order valence-electron chi connectivity index (χ3n) is 5.89. The Bertz CT molecular complexity index is 1110. The molecule has 4 heterocycles. The fourth-order valence-electron chi connectivity index (χ4n) is 4.10. The molecule has 1 saturated heterocycles. The van der Waals surface area contributed by atoms with E-state index in [1.807, 2.05) is 24.1 Å². The number of likely N-dealkylation sites (tertiary alicyclic amines) is 1. The minimum Gasteiger partial charge on any atom is -0.436 e. The van der Waals surface area contributed by atoms with Gasteiger partial charge in [0.25, 0.3) is 5.91 Å². The molecule has 0 aromatic carbocycles. The van der Waals surface area contributed by atoms with Gasteiger partial charge in [-0.25, -0.2) is 15.0 Å². The number of hydrogen-bond donors (Lipinski definition) is 1. The standard InChI is InChI=1S/C22H26N6O3/c1-12-10-18(31-27-12)17-11-23-22(25-16-4-5-16)26-19(17)15-6-8-28(9-7-15)21(29)20-13(2)24-14(3)30-20/h10-11,15-16H,4-9H2,1-3H3,(H,23,25,26). The number of carbonyl (C=O) groups excluding carboxylic acids is 1. The minimum atomic E-state index is -0.0959. The van der Waals surface area contributed by atoms with Crippen molar-refractivity contribution in [2.75, 3.05) is 18.4 Å². The lowest BCUT2D eigenvalue weighted by molar-refractivity contribution is 0.0677. The normalized spacial score (nSPS) is 17.2. The fourth-order valence-corrected chi connectivity index (χ4v) is 4.10. The van der Waals surface area contributed by atoms with E-state index in [0.717, 1.165) is 42.6 Å². The maximum absolute atomic E-state index is 12.9. The summed E-state index contributed by atoms with van der Waals surface area (Å²) in [4.78, 5) is 28.3. The molecule has 1 amide bonds. The molecular weight excluding hydrogens is 396 g/mol. The second-order valence-electron chi connectivity index (χ2n) is 8.46. The molecule has 162 valence electrons. The van der Waals surface area contributed by atoms with Gasteiger partial charge in [-0.2, -0.15) is 0 Å². The second-order valence-corrected chi connectivity index (χ2v) is 8.46. The zero-order chi connectivity index (χ0) is 21.5. The topological polar surface area (TPSA) is 110 Å². The first kappa shape index (κ1) is 19.7. The summed E-state index contributed by atoms with van der Waals surface area (Å²) < 4.78 is 11.0. The minimum absolute atomic E-state index is 0.0959. The summed E-state index contributed by atoms with van der Waals surface area (Å²) >= 11 is 0. The van der Waals surface area contributed by atoms with E-state index in [2.05, 4.69) is 20.4 Å². The fraction of sp³-hybridized carbons (Fsp3) is 0.500. The van der Waals surface area contributed by atoms with Crippen LogP contribution in [-0.2, 0) is 0 Å². The van der Waals surface area contributed by atoms with E-state index in [9.17, 15) is 4.79 Å². The van der Waals surface area contributed by atoms with Gasteiger partial charge in [-0.05, 0) is 39.5 Å². The summed E-state index contributed by atoms with van der Waals surface area (Å²) in [5.74, 6) is 2.29. The second kappa shape index (κ2) is 7.79. The third kappa shape index (κ3) is 4.04. The molecule has 2 aliphatic rings. The molecule has 1 N–H and O–H groups in total. The molecule has 2 fully saturated rings. The van der Waals surface area contributed by atoms with Crippen LogP contribution in [0.15, 0.2) is 21.2 Å². The molecule has 31 heavy (non-hydrogen) atoms. The van der Waals surface area contributed by atoms with E-state index >= 15 is 0 Å². The Kier molecular flexibility index (Phi) is 4.95.